The van der Waals surface area contributed by atoms with Crippen molar-refractivity contribution in [2.45, 2.75) is 76.5 Å². The van der Waals surface area contributed by atoms with Crippen molar-refractivity contribution in [1.82, 2.24) is 10.6 Å². The molecule has 0 aliphatic rings. The van der Waals surface area contributed by atoms with E-state index in [0.717, 1.165) is 5.56 Å². The smallest absolute Gasteiger partial charge is 0.326 e. The predicted octanol–water partition coefficient (Wildman–Crippen LogP) is 1.46. The number of nitrogens with one attached hydrogen (secondary N) is 2. The van der Waals surface area contributed by atoms with Crippen molar-refractivity contribution in [2.75, 3.05) is 0 Å². The first kappa shape index (κ1) is 30.1. The minimum Gasteiger partial charge on any atom is -0.481 e. The Hall–Kier alpha value is -3.96. The lowest BCUT2D eigenvalue weighted by Gasteiger charge is -2.17. The van der Waals surface area contributed by atoms with Gasteiger partial charge in [0, 0.05) is 19.3 Å². The highest BCUT2D eigenvalue weighted by molar-refractivity contribution is 5.90. The fraction of sp³-hybridized carbons (Fsp3) is 0.500. The molecule has 0 unspecified atom stereocenters. The summed E-state index contributed by atoms with van der Waals surface area (Å²) in [4.78, 5) is 69.0. The number of carboxylic acid groups (broad SMARTS) is 3. The molecule has 2 amide bonds. The summed E-state index contributed by atoms with van der Waals surface area (Å²) in [6.45, 7) is 0.210. The van der Waals surface area contributed by atoms with Crippen molar-refractivity contribution in [1.29, 1.82) is 0 Å². The molecule has 1 aromatic carbocycles. The number of hydrogen-bond acceptors (Lipinski definition) is 7. The highest BCUT2D eigenvalue weighted by Crippen LogP contribution is 2.08. The van der Waals surface area contributed by atoms with Crippen molar-refractivity contribution in [3.8, 4) is 0 Å². The molecule has 1 rings (SSSR count). The topological polar surface area (TPSA) is 196 Å². The van der Waals surface area contributed by atoms with Crippen LogP contribution in [0, 0.1) is 0 Å². The maximum absolute atomic E-state index is 12.1. The molecule has 0 aliphatic heterocycles. The lowest BCUT2D eigenvalue weighted by molar-refractivity contribution is -0.145. The summed E-state index contributed by atoms with van der Waals surface area (Å²) in [6, 6.07) is 6.23. The molecular formula is C24H32N2O10. The van der Waals surface area contributed by atoms with E-state index in [9.17, 15) is 33.9 Å². The number of benzene rings is 1. The number of rotatable bonds is 18. The number of ether oxygens (including phenoxy) is 1. The van der Waals surface area contributed by atoms with E-state index in [0.29, 0.717) is 25.7 Å². The average Bonchev–Trinajstić information content (AvgIpc) is 2.82. The van der Waals surface area contributed by atoms with Crippen molar-refractivity contribution >= 4 is 35.7 Å². The summed E-state index contributed by atoms with van der Waals surface area (Å²) in [7, 11) is 0. The molecule has 0 heterocycles. The number of hydrogen-bond donors (Lipinski definition) is 5. The molecule has 12 nitrogen and oxygen atoms in total. The summed E-state index contributed by atoms with van der Waals surface area (Å²) in [5.41, 5.74) is 0.897. The second-order valence-corrected chi connectivity index (χ2v) is 8.11. The molecule has 0 aliphatic carbocycles. The largest absolute Gasteiger partial charge is 0.481 e. The predicted molar refractivity (Wildman–Crippen MR) is 125 cm³/mol. The summed E-state index contributed by atoms with van der Waals surface area (Å²) < 4.78 is 5.18. The van der Waals surface area contributed by atoms with Gasteiger partial charge in [-0.05, 0) is 24.8 Å². The van der Waals surface area contributed by atoms with Gasteiger partial charge in [0.05, 0.1) is 6.42 Å². The molecular weight excluding hydrogens is 476 g/mol. The van der Waals surface area contributed by atoms with Crippen LogP contribution in [0.4, 0.5) is 0 Å². The Morgan fingerprint density at radius 2 is 1.31 bits per heavy atom. The van der Waals surface area contributed by atoms with Gasteiger partial charge in [0.25, 0.3) is 0 Å². The maximum Gasteiger partial charge on any atom is 0.326 e. The molecule has 0 saturated carbocycles. The Kier molecular flexibility index (Phi) is 13.9. The van der Waals surface area contributed by atoms with Crippen LogP contribution in [0.15, 0.2) is 30.3 Å². The quantitative estimate of drug-likeness (QED) is 0.143. The van der Waals surface area contributed by atoms with E-state index in [1.807, 2.05) is 30.3 Å². The number of amides is 2. The maximum atomic E-state index is 12.1. The monoisotopic (exact) mass is 508 g/mol. The highest BCUT2D eigenvalue weighted by Gasteiger charge is 2.26. The zero-order chi connectivity index (χ0) is 26.9. The average molecular weight is 509 g/mol. The van der Waals surface area contributed by atoms with Crippen LogP contribution in [0.3, 0.4) is 0 Å². The highest BCUT2D eigenvalue weighted by atomic mass is 16.5. The van der Waals surface area contributed by atoms with E-state index >= 15 is 0 Å². The summed E-state index contributed by atoms with van der Waals surface area (Å²) in [5.74, 6) is -6.01. The standard InChI is InChI=1S/C24H32N2O10/c27-19(10-6-1-2-7-11-22(31)36-15-16-8-4-3-5-9-16)26-18(24(34)35)14-20(28)25-17(23(32)33)12-13-21(29)30/h3-5,8-9,17-18H,1-2,6-7,10-15H2,(H,25,28)(H,26,27)(H,29,30)(H,32,33)(H,34,35)/t17-,18+/m0/s1. The first-order valence-electron chi connectivity index (χ1n) is 11.5. The van der Waals surface area contributed by atoms with Gasteiger partial charge in [-0.25, -0.2) is 9.59 Å². The van der Waals surface area contributed by atoms with E-state index in [-0.39, 0.29) is 31.8 Å². The Labute approximate surface area is 208 Å². The first-order valence-corrected chi connectivity index (χ1v) is 11.5. The summed E-state index contributed by atoms with van der Waals surface area (Å²) in [5, 5.41) is 31.3. The van der Waals surface area contributed by atoms with Crippen LogP contribution in [-0.2, 0) is 40.1 Å². The SMILES string of the molecule is O=C(O)CC[C@H](NC(=O)C[C@@H](NC(=O)CCCCCCC(=O)OCc1ccccc1)C(=O)O)C(=O)O. The lowest BCUT2D eigenvalue weighted by Crippen LogP contribution is -2.47. The van der Waals surface area contributed by atoms with Crippen LogP contribution in [0.1, 0.15) is 63.4 Å². The molecule has 5 N–H and O–H groups in total. The molecule has 198 valence electrons. The number of aliphatic carboxylic acids is 3. The fourth-order valence-electron chi connectivity index (χ4n) is 3.15. The van der Waals surface area contributed by atoms with Crippen LogP contribution in [0.2, 0.25) is 0 Å². The van der Waals surface area contributed by atoms with Crippen molar-refractivity contribution in [2.24, 2.45) is 0 Å². The molecule has 0 aromatic heterocycles. The minimum absolute atomic E-state index is 0.0141. The first-order chi connectivity index (χ1) is 17.1. The molecule has 36 heavy (non-hydrogen) atoms. The number of carbonyl (C=O) groups excluding carboxylic acids is 3. The zero-order valence-electron chi connectivity index (χ0n) is 19.8. The van der Waals surface area contributed by atoms with E-state index < -0.39 is 54.6 Å². The number of carboxylic acids is 3. The van der Waals surface area contributed by atoms with E-state index in [1.165, 1.54) is 0 Å². The third-order valence-corrected chi connectivity index (χ3v) is 5.08. The molecule has 2 atom stereocenters. The van der Waals surface area contributed by atoms with Gasteiger partial charge in [-0.15, -0.1) is 0 Å². The van der Waals surface area contributed by atoms with Crippen LogP contribution in [-0.4, -0.2) is 63.1 Å². The number of esters is 1. The van der Waals surface area contributed by atoms with Crippen LogP contribution >= 0.6 is 0 Å². The molecule has 0 bridgehead atoms. The van der Waals surface area contributed by atoms with E-state index in [1.54, 1.807) is 0 Å². The third-order valence-electron chi connectivity index (χ3n) is 5.08. The Morgan fingerprint density at radius 1 is 0.722 bits per heavy atom. The van der Waals surface area contributed by atoms with Gasteiger partial charge in [0.15, 0.2) is 0 Å². The third kappa shape index (κ3) is 13.7. The van der Waals surface area contributed by atoms with Gasteiger partial charge in [-0.1, -0.05) is 43.2 Å². The fourth-order valence-corrected chi connectivity index (χ4v) is 3.15. The zero-order valence-corrected chi connectivity index (χ0v) is 19.8. The molecule has 0 saturated heterocycles. The molecule has 12 heteroatoms. The van der Waals surface area contributed by atoms with Crippen molar-refractivity contribution in [3.05, 3.63) is 35.9 Å². The Balaban J connectivity index is 2.27. The number of carbonyl (C=O) groups is 6. The van der Waals surface area contributed by atoms with Gasteiger partial charge in [-0.3, -0.25) is 19.2 Å². The summed E-state index contributed by atoms with van der Waals surface area (Å²) >= 11 is 0. The molecule has 0 radical (unpaired) electrons. The minimum atomic E-state index is -1.56. The van der Waals surface area contributed by atoms with Gasteiger partial charge in [0.2, 0.25) is 11.8 Å². The van der Waals surface area contributed by atoms with Gasteiger partial charge >= 0.3 is 23.9 Å². The lowest BCUT2D eigenvalue weighted by atomic mass is 10.1. The van der Waals surface area contributed by atoms with Gasteiger partial charge in [0.1, 0.15) is 18.7 Å². The van der Waals surface area contributed by atoms with Crippen molar-refractivity contribution in [3.63, 3.8) is 0 Å². The van der Waals surface area contributed by atoms with Crippen LogP contribution in [0.25, 0.3) is 0 Å². The second-order valence-electron chi connectivity index (χ2n) is 8.11. The molecule has 0 fully saturated rings. The summed E-state index contributed by atoms with van der Waals surface area (Å²) in [6.07, 6.45) is 1.02. The molecule has 1 aromatic rings. The van der Waals surface area contributed by atoms with E-state index in [4.69, 9.17) is 14.9 Å². The van der Waals surface area contributed by atoms with Crippen LogP contribution < -0.4 is 10.6 Å². The van der Waals surface area contributed by atoms with Crippen molar-refractivity contribution < 1.29 is 48.8 Å². The second kappa shape index (κ2) is 16.6. The number of unbranched alkanes of at least 4 members (excludes halogenated alkanes) is 3. The Bertz CT molecular complexity index is 903. The van der Waals surface area contributed by atoms with Gasteiger partial charge in [-0.2, -0.15) is 0 Å². The van der Waals surface area contributed by atoms with Gasteiger partial charge < -0.3 is 30.7 Å². The van der Waals surface area contributed by atoms with E-state index in [2.05, 4.69) is 10.6 Å². The normalized spacial score (nSPS) is 12.1. The molecule has 0 spiro atoms. The Morgan fingerprint density at radius 3 is 1.89 bits per heavy atom. The van der Waals surface area contributed by atoms with Crippen LogP contribution in [0.5, 0.6) is 0 Å².